The molecule has 1 aromatic rings. The Morgan fingerprint density at radius 3 is 2.68 bits per heavy atom. The second-order valence-corrected chi connectivity index (χ2v) is 15.0. The summed E-state index contributed by atoms with van der Waals surface area (Å²) in [5, 5.41) is 0.832. The molecule has 0 amide bonds. The van der Waals surface area contributed by atoms with Crippen LogP contribution in [0.1, 0.15) is 12.0 Å². The lowest BCUT2D eigenvalue weighted by molar-refractivity contribution is 0.180. The van der Waals surface area contributed by atoms with Crippen molar-refractivity contribution in [1.29, 1.82) is 0 Å². The van der Waals surface area contributed by atoms with E-state index in [0.29, 0.717) is 24.2 Å². The van der Waals surface area contributed by atoms with Gasteiger partial charge in [0, 0.05) is 18.5 Å². The molecule has 138 valence electrons. The van der Waals surface area contributed by atoms with Crippen LogP contribution in [0.5, 0.6) is 0 Å². The first-order valence-corrected chi connectivity index (χ1v) is 14.6. The van der Waals surface area contributed by atoms with E-state index in [-0.39, 0.29) is 0 Å². The fraction of sp³-hybridized carbons (Fsp3) is 0.500. The number of ether oxygens (including phenoxy) is 1. The highest BCUT2D eigenvalue weighted by molar-refractivity contribution is 6.93. The maximum atomic E-state index is 6.37. The molecule has 0 saturated heterocycles. The van der Waals surface area contributed by atoms with Crippen LogP contribution in [0.2, 0.25) is 13.1 Å². The van der Waals surface area contributed by atoms with Gasteiger partial charge in [0.05, 0.1) is 11.2 Å². The lowest BCUT2D eigenvalue weighted by Crippen LogP contribution is -2.59. The van der Waals surface area contributed by atoms with Crippen LogP contribution < -0.4 is 10.9 Å². The van der Waals surface area contributed by atoms with Gasteiger partial charge in [-0.2, -0.15) is 0 Å². The first-order valence-electron chi connectivity index (χ1n) is 8.44. The number of hydrazine groups is 1. The Morgan fingerprint density at radius 2 is 1.92 bits per heavy atom. The summed E-state index contributed by atoms with van der Waals surface area (Å²) in [6, 6.07) is 8.26. The second-order valence-electron chi connectivity index (χ2n) is 6.65. The lowest BCUT2D eigenvalue weighted by Gasteiger charge is -2.42. The van der Waals surface area contributed by atoms with E-state index in [1.54, 1.807) is 0 Å². The number of fused-ring (bicyclic) bond motifs is 1. The maximum Gasteiger partial charge on any atom is 0.400 e. The molecule has 0 aliphatic carbocycles. The molecule has 1 aromatic carbocycles. The summed E-state index contributed by atoms with van der Waals surface area (Å²) in [4.78, 5) is 0. The van der Waals surface area contributed by atoms with Crippen LogP contribution in [-0.4, -0.2) is 41.0 Å². The predicted molar refractivity (Wildman–Crippen MR) is 106 cm³/mol. The van der Waals surface area contributed by atoms with Crippen molar-refractivity contribution < 1.29 is 13.3 Å². The van der Waals surface area contributed by atoms with E-state index in [1.165, 1.54) is 5.56 Å². The maximum absolute atomic E-state index is 6.37. The molecule has 0 bridgehead atoms. The molecule has 2 heterocycles. The van der Waals surface area contributed by atoms with Gasteiger partial charge in [0.15, 0.2) is 0 Å². The monoisotopic (exact) mass is 418 g/mol. The van der Waals surface area contributed by atoms with E-state index >= 15 is 0 Å². The summed E-state index contributed by atoms with van der Waals surface area (Å²) >= 11 is 12.5. The number of rotatable bonds is 2. The molecule has 25 heavy (non-hydrogen) atoms. The highest BCUT2D eigenvalue weighted by Crippen LogP contribution is 2.36. The number of nitrogens with one attached hydrogen (secondary N) is 2. The van der Waals surface area contributed by atoms with Gasteiger partial charge in [-0.05, 0) is 31.1 Å². The Balaban J connectivity index is 1.96. The molecule has 0 aromatic heterocycles. The van der Waals surface area contributed by atoms with Crippen molar-refractivity contribution >= 4 is 45.8 Å². The minimum Gasteiger partial charge on any atom is -0.521 e. The van der Waals surface area contributed by atoms with Gasteiger partial charge in [0.25, 0.3) is 8.32 Å². The fourth-order valence-electron chi connectivity index (χ4n) is 3.16. The Kier molecular flexibility index (Phi) is 6.02. The van der Waals surface area contributed by atoms with Crippen molar-refractivity contribution in [1.82, 2.24) is 5.43 Å². The number of alkyl halides is 2. The van der Waals surface area contributed by atoms with Crippen molar-refractivity contribution in [3.05, 3.63) is 41.0 Å². The number of para-hydroxylation sites is 1. The molecule has 0 fully saturated rings. The van der Waals surface area contributed by atoms with E-state index in [4.69, 9.17) is 36.5 Å². The summed E-state index contributed by atoms with van der Waals surface area (Å²) in [6.07, 6.45) is 1.59. The quantitative estimate of drug-likeness (QED) is 0.567. The molecule has 0 spiro atoms. The average Bonchev–Trinajstić information content (AvgIpc) is 2.65. The third-order valence-electron chi connectivity index (χ3n) is 4.35. The van der Waals surface area contributed by atoms with Gasteiger partial charge in [-0.25, -0.2) is 5.43 Å². The minimum absolute atomic E-state index is 0.378. The van der Waals surface area contributed by atoms with Crippen molar-refractivity contribution in [2.75, 3.05) is 29.6 Å². The zero-order valence-corrected chi connectivity index (χ0v) is 18.0. The van der Waals surface area contributed by atoms with Crippen molar-refractivity contribution in [2.24, 2.45) is 0 Å². The molecule has 2 atom stereocenters. The lowest BCUT2D eigenvalue weighted by atomic mass is 10.1. The van der Waals surface area contributed by atoms with Crippen LogP contribution in [-0.2, 0) is 19.7 Å². The molecule has 3 rings (SSSR count). The number of hydrogen-bond acceptors (Lipinski definition) is 5. The predicted octanol–water partition coefficient (Wildman–Crippen LogP) is 3.57. The molecular weight excluding hydrogens is 395 g/mol. The number of hydrogen-bond donors (Lipinski definition) is 2. The number of allylic oxidation sites excluding steroid dienone is 1. The van der Waals surface area contributed by atoms with Gasteiger partial charge in [-0.15, -0.1) is 23.2 Å². The van der Waals surface area contributed by atoms with Gasteiger partial charge in [-0.1, -0.05) is 18.2 Å². The first-order chi connectivity index (χ1) is 12.0. The van der Waals surface area contributed by atoms with Crippen LogP contribution in [0.4, 0.5) is 5.69 Å². The smallest absolute Gasteiger partial charge is 0.400 e. The third kappa shape index (κ3) is 4.18. The highest BCUT2D eigenvalue weighted by atomic mass is 35.5. The first kappa shape index (κ1) is 19.1. The molecule has 9 heteroatoms. The largest absolute Gasteiger partial charge is 0.521 e. The standard InChI is InChI=1S/C16H24Cl2N2O3Si2/c1-24(11-17)16-15(22-25(2,12-18)23-24)8-7-13-5-3-4-6-14(13)20-19-9-10-21-16/h3-6,19-20H,7-12H2,1-2H3. The average molecular weight is 419 g/mol. The molecule has 2 unspecified atom stereocenters. The Hall–Kier alpha value is -0.706. The van der Waals surface area contributed by atoms with Crippen LogP contribution in [0.3, 0.4) is 0 Å². The summed E-state index contributed by atoms with van der Waals surface area (Å²) in [7, 11) is -4.88. The van der Waals surface area contributed by atoms with Crippen molar-refractivity contribution in [2.45, 2.75) is 25.9 Å². The van der Waals surface area contributed by atoms with Crippen LogP contribution >= 0.6 is 23.2 Å². The molecule has 0 saturated carbocycles. The summed E-state index contributed by atoms with van der Waals surface area (Å²) in [6.45, 7) is 5.26. The van der Waals surface area contributed by atoms with Crippen LogP contribution in [0, 0.1) is 0 Å². The number of benzene rings is 1. The zero-order chi connectivity index (χ0) is 17.9. The molecule has 2 aliphatic heterocycles. The van der Waals surface area contributed by atoms with E-state index in [2.05, 4.69) is 29.5 Å². The van der Waals surface area contributed by atoms with Gasteiger partial charge < -0.3 is 18.7 Å². The number of anilines is 1. The van der Waals surface area contributed by atoms with Gasteiger partial charge >= 0.3 is 8.56 Å². The minimum atomic E-state index is -2.47. The summed E-state index contributed by atoms with van der Waals surface area (Å²) in [5.74, 6) is 0.882. The molecule has 0 radical (unpaired) electrons. The number of aryl methyl sites for hydroxylation is 1. The molecule has 5 nitrogen and oxygen atoms in total. The summed E-state index contributed by atoms with van der Waals surface area (Å²) < 4.78 is 18.8. The van der Waals surface area contributed by atoms with Crippen molar-refractivity contribution in [3.8, 4) is 0 Å². The molecular formula is C16H24Cl2N2O3Si2. The molecule has 2 aliphatic rings. The molecule has 2 N–H and O–H groups in total. The third-order valence-corrected chi connectivity index (χ3v) is 13.9. The normalized spacial score (nSPS) is 30.1. The highest BCUT2D eigenvalue weighted by Gasteiger charge is 2.52. The SMILES string of the molecule is C[Si]1(CCl)OC2=C(OCCNNc3ccccc3CC2)[Si](C)(CCl)O1. The Morgan fingerprint density at radius 1 is 1.12 bits per heavy atom. The van der Waals surface area contributed by atoms with Gasteiger partial charge in [-0.3, -0.25) is 0 Å². The zero-order valence-electron chi connectivity index (χ0n) is 14.5. The Bertz CT molecular complexity index is 664. The van der Waals surface area contributed by atoms with Crippen LogP contribution in [0.15, 0.2) is 35.4 Å². The topological polar surface area (TPSA) is 51.8 Å². The van der Waals surface area contributed by atoms with Crippen molar-refractivity contribution in [3.63, 3.8) is 0 Å². The second kappa shape index (κ2) is 7.89. The van der Waals surface area contributed by atoms with Crippen LogP contribution in [0.25, 0.3) is 0 Å². The van der Waals surface area contributed by atoms with Gasteiger partial charge in [0.2, 0.25) is 0 Å². The Labute approximate surface area is 161 Å². The van der Waals surface area contributed by atoms with E-state index in [0.717, 1.165) is 29.7 Å². The van der Waals surface area contributed by atoms with E-state index in [1.807, 2.05) is 18.7 Å². The fourth-order valence-corrected chi connectivity index (χ4v) is 11.6. The van der Waals surface area contributed by atoms with E-state index < -0.39 is 16.9 Å². The summed E-state index contributed by atoms with van der Waals surface area (Å²) in [5.41, 5.74) is 9.56. The van der Waals surface area contributed by atoms with E-state index in [9.17, 15) is 0 Å². The number of halogens is 2. The van der Waals surface area contributed by atoms with Gasteiger partial charge in [0.1, 0.15) is 17.7 Å².